The van der Waals surface area contributed by atoms with Gasteiger partial charge in [-0.1, -0.05) is 13.3 Å². The summed E-state index contributed by atoms with van der Waals surface area (Å²) in [5.41, 5.74) is 5.99. The SMILES string of the molecule is CCC1CCN(C(=O)c2cc[nH]c(=O)c2)C(CN)C1. The van der Waals surface area contributed by atoms with Crippen LogP contribution in [0.15, 0.2) is 23.1 Å². The number of pyridine rings is 1. The number of amides is 1. The molecule has 1 aliphatic rings. The minimum Gasteiger partial charge on any atom is -0.334 e. The van der Waals surface area contributed by atoms with Gasteiger partial charge in [0.15, 0.2) is 0 Å². The standard InChI is InChI=1S/C14H21N3O2/c1-2-10-4-6-17(12(7-10)9-15)14(19)11-3-5-16-13(18)8-11/h3,5,8,10,12H,2,4,6-7,9,15H2,1H3,(H,16,18). The molecule has 1 aliphatic heterocycles. The van der Waals surface area contributed by atoms with Crippen molar-refractivity contribution in [3.63, 3.8) is 0 Å². The molecule has 2 heterocycles. The smallest absolute Gasteiger partial charge is 0.254 e. The molecule has 2 rings (SSSR count). The molecule has 1 fully saturated rings. The summed E-state index contributed by atoms with van der Waals surface area (Å²) in [7, 11) is 0. The number of hydrogen-bond acceptors (Lipinski definition) is 3. The summed E-state index contributed by atoms with van der Waals surface area (Å²) in [5, 5.41) is 0. The first-order valence-corrected chi connectivity index (χ1v) is 6.85. The predicted molar refractivity (Wildman–Crippen MR) is 74.0 cm³/mol. The molecule has 5 nitrogen and oxygen atoms in total. The zero-order valence-corrected chi connectivity index (χ0v) is 11.3. The van der Waals surface area contributed by atoms with Gasteiger partial charge in [-0.15, -0.1) is 0 Å². The lowest BCUT2D eigenvalue weighted by molar-refractivity contribution is 0.0558. The molecule has 1 saturated heterocycles. The van der Waals surface area contributed by atoms with Gasteiger partial charge >= 0.3 is 0 Å². The topological polar surface area (TPSA) is 79.2 Å². The van der Waals surface area contributed by atoms with E-state index in [0.29, 0.717) is 18.0 Å². The third-order valence-electron chi connectivity index (χ3n) is 3.96. The third kappa shape index (κ3) is 3.04. The van der Waals surface area contributed by atoms with Crippen LogP contribution in [0.5, 0.6) is 0 Å². The zero-order valence-electron chi connectivity index (χ0n) is 11.3. The van der Waals surface area contributed by atoms with Crippen molar-refractivity contribution in [2.45, 2.75) is 32.2 Å². The van der Waals surface area contributed by atoms with Crippen molar-refractivity contribution in [2.75, 3.05) is 13.1 Å². The Bertz CT molecular complexity index is 497. The second kappa shape index (κ2) is 6.02. The molecular formula is C14H21N3O2. The fraction of sp³-hybridized carbons (Fsp3) is 0.571. The van der Waals surface area contributed by atoms with Gasteiger partial charge in [0.2, 0.25) is 5.56 Å². The largest absolute Gasteiger partial charge is 0.334 e. The lowest BCUT2D eigenvalue weighted by Gasteiger charge is -2.38. The highest BCUT2D eigenvalue weighted by Crippen LogP contribution is 2.25. The van der Waals surface area contributed by atoms with E-state index in [4.69, 9.17) is 5.73 Å². The number of rotatable bonds is 3. The molecular weight excluding hydrogens is 242 g/mol. The van der Waals surface area contributed by atoms with Gasteiger partial charge < -0.3 is 15.6 Å². The van der Waals surface area contributed by atoms with Crippen LogP contribution in [-0.4, -0.2) is 34.9 Å². The first kappa shape index (κ1) is 13.8. The van der Waals surface area contributed by atoms with E-state index in [1.54, 1.807) is 6.07 Å². The molecule has 0 aliphatic carbocycles. The number of H-pyrrole nitrogens is 1. The van der Waals surface area contributed by atoms with E-state index in [1.165, 1.54) is 12.3 Å². The van der Waals surface area contributed by atoms with Crippen LogP contribution < -0.4 is 11.3 Å². The fourth-order valence-electron chi connectivity index (χ4n) is 2.74. The highest BCUT2D eigenvalue weighted by Gasteiger charge is 2.30. The van der Waals surface area contributed by atoms with Crippen LogP contribution in [0.4, 0.5) is 0 Å². The quantitative estimate of drug-likeness (QED) is 0.852. The minimum atomic E-state index is -0.251. The Balaban J connectivity index is 2.16. The lowest BCUT2D eigenvalue weighted by Crippen LogP contribution is -2.49. The van der Waals surface area contributed by atoms with Crippen molar-refractivity contribution in [3.05, 3.63) is 34.2 Å². The number of hydrogen-bond donors (Lipinski definition) is 2. The van der Waals surface area contributed by atoms with Crippen molar-refractivity contribution >= 4 is 5.91 Å². The van der Waals surface area contributed by atoms with E-state index in [0.717, 1.165) is 25.8 Å². The highest BCUT2D eigenvalue weighted by molar-refractivity contribution is 5.94. The monoisotopic (exact) mass is 263 g/mol. The van der Waals surface area contributed by atoms with E-state index in [9.17, 15) is 9.59 Å². The number of carbonyl (C=O) groups is 1. The number of nitrogens with one attached hydrogen (secondary N) is 1. The maximum atomic E-state index is 12.4. The van der Waals surface area contributed by atoms with Crippen LogP contribution >= 0.6 is 0 Å². The molecule has 3 N–H and O–H groups in total. The van der Waals surface area contributed by atoms with Crippen molar-refractivity contribution in [2.24, 2.45) is 11.7 Å². The van der Waals surface area contributed by atoms with Crippen molar-refractivity contribution in [3.8, 4) is 0 Å². The van der Waals surface area contributed by atoms with Crippen molar-refractivity contribution in [1.82, 2.24) is 9.88 Å². The van der Waals surface area contributed by atoms with E-state index in [2.05, 4.69) is 11.9 Å². The molecule has 5 heteroatoms. The van der Waals surface area contributed by atoms with Gasteiger partial charge in [0.1, 0.15) is 0 Å². The number of aromatic nitrogens is 1. The van der Waals surface area contributed by atoms with Crippen LogP contribution in [0.1, 0.15) is 36.5 Å². The minimum absolute atomic E-state index is 0.0869. The average Bonchev–Trinajstić information content (AvgIpc) is 2.45. The number of carbonyl (C=O) groups excluding carboxylic acids is 1. The van der Waals surface area contributed by atoms with Gasteiger partial charge in [-0.25, -0.2) is 0 Å². The summed E-state index contributed by atoms with van der Waals surface area (Å²) >= 11 is 0. The Morgan fingerprint density at radius 1 is 1.58 bits per heavy atom. The average molecular weight is 263 g/mol. The molecule has 2 unspecified atom stereocenters. The normalized spacial score (nSPS) is 23.4. The molecule has 0 saturated carbocycles. The number of likely N-dealkylation sites (tertiary alicyclic amines) is 1. The van der Waals surface area contributed by atoms with E-state index in [1.807, 2.05) is 4.90 Å². The van der Waals surface area contributed by atoms with E-state index >= 15 is 0 Å². The maximum Gasteiger partial charge on any atom is 0.254 e. The molecule has 1 aromatic heterocycles. The van der Waals surface area contributed by atoms with E-state index < -0.39 is 0 Å². The van der Waals surface area contributed by atoms with Gasteiger partial charge in [-0.2, -0.15) is 0 Å². The van der Waals surface area contributed by atoms with Gasteiger partial charge in [-0.05, 0) is 24.8 Å². The second-order valence-corrected chi connectivity index (χ2v) is 5.13. The molecule has 0 bridgehead atoms. The Morgan fingerprint density at radius 3 is 3.00 bits per heavy atom. The van der Waals surface area contributed by atoms with Crippen LogP contribution in [-0.2, 0) is 0 Å². The summed E-state index contributed by atoms with van der Waals surface area (Å²) in [6.07, 6.45) is 4.61. The maximum absolute atomic E-state index is 12.4. The Morgan fingerprint density at radius 2 is 2.37 bits per heavy atom. The fourth-order valence-corrected chi connectivity index (χ4v) is 2.74. The Kier molecular flexibility index (Phi) is 4.37. The first-order valence-electron chi connectivity index (χ1n) is 6.85. The van der Waals surface area contributed by atoms with Gasteiger partial charge in [-0.3, -0.25) is 9.59 Å². The summed E-state index contributed by atoms with van der Waals surface area (Å²) in [6, 6.07) is 3.08. The first-order chi connectivity index (χ1) is 9.15. The van der Waals surface area contributed by atoms with Gasteiger partial charge in [0.25, 0.3) is 5.91 Å². The number of nitrogens with zero attached hydrogens (tertiary/aromatic N) is 1. The molecule has 0 radical (unpaired) electrons. The van der Waals surface area contributed by atoms with Crippen LogP contribution in [0.2, 0.25) is 0 Å². The molecule has 0 spiro atoms. The Hall–Kier alpha value is -1.62. The van der Waals surface area contributed by atoms with Crippen LogP contribution in [0.25, 0.3) is 0 Å². The molecule has 0 aromatic carbocycles. The number of piperidine rings is 1. The second-order valence-electron chi connectivity index (χ2n) is 5.13. The molecule has 1 aromatic rings. The van der Waals surface area contributed by atoms with Crippen molar-refractivity contribution in [1.29, 1.82) is 0 Å². The van der Waals surface area contributed by atoms with Gasteiger partial charge in [0, 0.05) is 37.0 Å². The van der Waals surface area contributed by atoms with Crippen LogP contribution in [0, 0.1) is 5.92 Å². The predicted octanol–water partition coefficient (Wildman–Crippen LogP) is 0.964. The molecule has 1 amide bonds. The zero-order chi connectivity index (χ0) is 13.8. The summed E-state index contributed by atoms with van der Waals surface area (Å²) < 4.78 is 0. The van der Waals surface area contributed by atoms with Crippen LogP contribution in [0.3, 0.4) is 0 Å². The molecule has 104 valence electrons. The lowest BCUT2D eigenvalue weighted by atomic mass is 9.88. The van der Waals surface area contributed by atoms with E-state index in [-0.39, 0.29) is 17.5 Å². The van der Waals surface area contributed by atoms with Gasteiger partial charge in [0.05, 0.1) is 0 Å². The number of nitrogens with two attached hydrogens (primary N) is 1. The summed E-state index contributed by atoms with van der Waals surface area (Å²) in [6.45, 7) is 3.38. The number of aromatic amines is 1. The third-order valence-corrected chi connectivity index (χ3v) is 3.96. The summed E-state index contributed by atoms with van der Waals surface area (Å²) in [4.78, 5) is 28.1. The molecule has 2 atom stereocenters. The highest BCUT2D eigenvalue weighted by atomic mass is 16.2. The van der Waals surface area contributed by atoms with Crippen molar-refractivity contribution < 1.29 is 4.79 Å². The Labute approximate surface area is 112 Å². The molecule has 19 heavy (non-hydrogen) atoms. The summed E-state index contributed by atoms with van der Waals surface area (Å²) in [5.74, 6) is 0.563.